The number of thioether (sulfide) groups is 1. The Morgan fingerprint density at radius 2 is 2.05 bits per heavy atom. The van der Waals surface area contributed by atoms with Gasteiger partial charge in [-0.3, -0.25) is 0 Å². The molecule has 1 saturated carbocycles. The standard InChI is InChI=1S/C16H23ClN2O2S/c17-13-4-6-15(7-5-13)22-9-8-18-16(21)19-11-12-2-1-3-14(20)10-12/h4-7,12,14,20H,1-3,8-11H2,(H2,18,19,21). The van der Waals surface area contributed by atoms with E-state index in [9.17, 15) is 9.90 Å². The fourth-order valence-electron chi connectivity index (χ4n) is 2.61. The van der Waals surface area contributed by atoms with Crippen LogP contribution in [0, 0.1) is 5.92 Å². The second-order valence-corrected chi connectivity index (χ2v) is 7.23. The molecule has 0 spiro atoms. The van der Waals surface area contributed by atoms with Crippen LogP contribution in [0.2, 0.25) is 5.02 Å². The van der Waals surface area contributed by atoms with Crippen LogP contribution in [0.5, 0.6) is 0 Å². The third-order valence-electron chi connectivity index (χ3n) is 3.78. The normalized spacial score (nSPS) is 21.4. The van der Waals surface area contributed by atoms with Crippen LogP contribution in [0.1, 0.15) is 25.7 Å². The quantitative estimate of drug-likeness (QED) is 0.549. The number of nitrogens with one attached hydrogen (secondary N) is 2. The van der Waals surface area contributed by atoms with Crippen molar-refractivity contribution >= 4 is 29.4 Å². The van der Waals surface area contributed by atoms with Crippen LogP contribution in [0.25, 0.3) is 0 Å². The summed E-state index contributed by atoms with van der Waals surface area (Å²) < 4.78 is 0. The van der Waals surface area contributed by atoms with E-state index in [1.807, 2.05) is 24.3 Å². The summed E-state index contributed by atoms with van der Waals surface area (Å²) in [6.45, 7) is 1.26. The molecule has 0 saturated heterocycles. The minimum atomic E-state index is -0.195. The predicted molar refractivity (Wildman–Crippen MR) is 91.5 cm³/mol. The van der Waals surface area contributed by atoms with E-state index in [4.69, 9.17) is 11.6 Å². The zero-order valence-electron chi connectivity index (χ0n) is 12.6. The molecule has 0 radical (unpaired) electrons. The van der Waals surface area contributed by atoms with Gasteiger partial charge in [0.15, 0.2) is 0 Å². The average molecular weight is 343 g/mol. The fraction of sp³-hybridized carbons (Fsp3) is 0.562. The average Bonchev–Trinajstić information content (AvgIpc) is 2.51. The Balaban J connectivity index is 1.55. The summed E-state index contributed by atoms with van der Waals surface area (Å²) in [5.74, 6) is 1.22. The van der Waals surface area contributed by atoms with Gasteiger partial charge < -0.3 is 15.7 Å². The molecule has 2 rings (SSSR count). The van der Waals surface area contributed by atoms with Crippen LogP contribution in [-0.2, 0) is 0 Å². The van der Waals surface area contributed by atoms with E-state index in [1.165, 1.54) is 0 Å². The first-order valence-corrected chi connectivity index (χ1v) is 9.08. The van der Waals surface area contributed by atoms with E-state index in [-0.39, 0.29) is 12.1 Å². The lowest BCUT2D eigenvalue weighted by atomic mass is 9.87. The van der Waals surface area contributed by atoms with Crippen molar-refractivity contribution in [1.29, 1.82) is 0 Å². The van der Waals surface area contributed by atoms with Crippen LogP contribution in [0.15, 0.2) is 29.2 Å². The van der Waals surface area contributed by atoms with Gasteiger partial charge in [-0.2, -0.15) is 0 Å². The molecular weight excluding hydrogens is 320 g/mol. The van der Waals surface area contributed by atoms with Crippen molar-refractivity contribution in [3.8, 4) is 0 Å². The molecule has 1 fully saturated rings. The summed E-state index contributed by atoms with van der Waals surface area (Å²) in [6, 6.07) is 7.55. The lowest BCUT2D eigenvalue weighted by Crippen LogP contribution is -2.40. The van der Waals surface area contributed by atoms with Gasteiger partial charge in [0, 0.05) is 28.8 Å². The smallest absolute Gasteiger partial charge is 0.314 e. The summed E-state index contributed by atoms with van der Waals surface area (Å²) >= 11 is 7.52. The van der Waals surface area contributed by atoms with E-state index in [0.717, 1.165) is 41.4 Å². The molecule has 2 unspecified atom stereocenters. The summed E-state index contributed by atoms with van der Waals surface area (Å²) in [7, 11) is 0. The first-order chi connectivity index (χ1) is 10.6. The highest BCUT2D eigenvalue weighted by Gasteiger charge is 2.20. The molecule has 1 aromatic rings. The van der Waals surface area contributed by atoms with Crippen LogP contribution < -0.4 is 10.6 Å². The van der Waals surface area contributed by atoms with Crippen molar-refractivity contribution in [2.24, 2.45) is 5.92 Å². The highest BCUT2D eigenvalue weighted by Crippen LogP contribution is 2.23. The Morgan fingerprint density at radius 3 is 2.77 bits per heavy atom. The zero-order valence-corrected chi connectivity index (χ0v) is 14.1. The maximum Gasteiger partial charge on any atom is 0.314 e. The molecule has 0 bridgehead atoms. The van der Waals surface area contributed by atoms with Gasteiger partial charge in [-0.05, 0) is 49.4 Å². The van der Waals surface area contributed by atoms with Crippen molar-refractivity contribution in [1.82, 2.24) is 10.6 Å². The van der Waals surface area contributed by atoms with Crippen LogP contribution in [0.4, 0.5) is 4.79 Å². The van der Waals surface area contributed by atoms with Gasteiger partial charge in [0.25, 0.3) is 0 Å². The summed E-state index contributed by atoms with van der Waals surface area (Å²) in [5, 5.41) is 16.1. The number of amides is 2. The van der Waals surface area contributed by atoms with Gasteiger partial charge in [0.05, 0.1) is 6.10 Å². The Bertz CT molecular complexity index is 470. The van der Waals surface area contributed by atoms with Crippen LogP contribution >= 0.6 is 23.4 Å². The summed E-state index contributed by atoms with van der Waals surface area (Å²) in [5.41, 5.74) is 0. The first kappa shape index (κ1) is 17.4. The topological polar surface area (TPSA) is 61.4 Å². The van der Waals surface area contributed by atoms with E-state index in [2.05, 4.69) is 10.6 Å². The lowest BCUT2D eigenvalue weighted by Gasteiger charge is -2.25. The molecule has 6 heteroatoms. The van der Waals surface area contributed by atoms with Crippen molar-refractivity contribution in [3.63, 3.8) is 0 Å². The Morgan fingerprint density at radius 1 is 1.27 bits per heavy atom. The second kappa shape index (κ2) is 9.28. The van der Waals surface area contributed by atoms with Crippen molar-refractivity contribution < 1.29 is 9.90 Å². The van der Waals surface area contributed by atoms with Crippen molar-refractivity contribution in [2.75, 3.05) is 18.8 Å². The predicted octanol–water partition coefficient (Wildman–Crippen LogP) is 3.28. The fourth-order valence-corrected chi connectivity index (χ4v) is 3.51. The first-order valence-electron chi connectivity index (χ1n) is 7.71. The van der Waals surface area contributed by atoms with Crippen LogP contribution in [0.3, 0.4) is 0 Å². The molecule has 1 aromatic carbocycles. The molecule has 2 atom stereocenters. The van der Waals surface area contributed by atoms with E-state index in [0.29, 0.717) is 19.0 Å². The zero-order chi connectivity index (χ0) is 15.8. The summed E-state index contributed by atoms with van der Waals surface area (Å²) in [6.07, 6.45) is 3.63. The molecule has 122 valence electrons. The SMILES string of the molecule is O=C(NCCSc1ccc(Cl)cc1)NCC1CCCC(O)C1. The highest BCUT2D eigenvalue weighted by atomic mass is 35.5. The number of carbonyl (C=O) groups excluding carboxylic acids is 1. The van der Waals surface area contributed by atoms with Gasteiger partial charge in [-0.1, -0.05) is 18.0 Å². The number of aliphatic hydroxyl groups excluding tert-OH is 1. The van der Waals surface area contributed by atoms with Crippen molar-refractivity contribution in [2.45, 2.75) is 36.7 Å². The molecule has 0 heterocycles. The monoisotopic (exact) mass is 342 g/mol. The van der Waals surface area contributed by atoms with E-state index >= 15 is 0 Å². The molecule has 2 amide bonds. The third kappa shape index (κ3) is 6.46. The van der Waals surface area contributed by atoms with Gasteiger partial charge in [-0.25, -0.2) is 4.79 Å². The van der Waals surface area contributed by atoms with Crippen molar-refractivity contribution in [3.05, 3.63) is 29.3 Å². The number of rotatable bonds is 6. The van der Waals surface area contributed by atoms with Crippen LogP contribution in [-0.4, -0.2) is 36.1 Å². The molecule has 1 aliphatic carbocycles. The number of urea groups is 1. The largest absolute Gasteiger partial charge is 0.393 e. The second-order valence-electron chi connectivity index (χ2n) is 5.63. The minimum Gasteiger partial charge on any atom is -0.393 e. The van der Waals surface area contributed by atoms with E-state index in [1.54, 1.807) is 11.8 Å². The molecule has 0 aromatic heterocycles. The van der Waals surface area contributed by atoms with Gasteiger partial charge in [0.1, 0.15) is 0 Å². The highest BCUT2D eigenvalue weighted by molar-refractivity contribution is 7.99. The lowest BCUT2D eigenvalue weighted by molar-refractivity contribution is 0.101. The number of halogens is 1. The number of hydrogen-bond donors (Lipinski definition) is 3. The molecule has 22 heavy (non-hydrogen) atoms. The molecule has 0 aliphatic heterocycles. The number of benzene rings is 1. The van der Waals surface area contributed by atoms with E-state index < -0.39 is 0 Å². The number of carbonyl (C=O) groups is 1. The number of hydrogen-bond acceptors (Lipinski definition) is 3. The Labute approximate surface area is 141 Å². The molecule has 3 N–H and O–H groups in total. The van der Waals surface area contributed by atoms with Gasteiger partial charge in [-0.15, -0.1) is 11.8 Å². The molecule has 4 nitrogen and oxygen atoms in total. The number of aliphatic hydroxyl groups is 1. The van der Waals surface area contributed by atoms with Gasteiger partial charge >= 0.3 is 6.03 Å². The third-order valence-corrected chi connectivity index (χ3v) is 5.04. The Kier molecular flexibility index (Phi) is 7.36. The molecular formula is C16H23ClN2O2S. The van der Waals surface area contributed by atoms with Gasteiger partial charge in [0.2, 0.25) is 0 Å². The maximum absolute atomic E-state index is 11.7. The maximum atomic E-state index is 11.7. The minimum absolute atomic E-state index is 0.128. The summed E-state index contributed by atoms with van der Waals surface area (Å²) in [4.78, 5) is 12.9. The molecule has 1 aliphatic rings. The Hall–Kier alpha value is -0.910.